The van der Waals surface area contributed by atoms with Crippen molar-refractivity contribution in [2.75, 3.05) is 0 Å². The molecule has 0 aliphatic rings. The van der Waals surface area contributed by atoms with Gasteiger partial charge in [-0.2, -0.15) is 0 Å². The van der Waals surface area contributed by atoms with E-state index in [0.717, 1.165) is 5.56 Å². The van der Waals surface area contributed by atoms with Gasteiger partial charge in [0.1, 0.15) is 17.7 Å². The number of hydrogen-bond donors (Lipinski definition) is 6. The van der Waals surface area contributed by atoms with Crippen LogP contribution in [0.4, 0.5) is 4.79 Å². The molecule has 4 atom stereocenters. The van der Waals surface area contributed by atoms with E-state index >= 15 is 0 Å². The van der Waals surface area contributed by atoms with Crippen LogP contribution < -0.4 is 16.0 Å². The first kappa shape index (κ1) is 33.8. The first-order valence-corrected chi connectivity index (χ1v) is 13.5. The molecule has 0 fully saturated rings. The second kappa shape index (κ2) is 16.1. The first-order chi connectivity index (χ1) is 19.7. The average Bonchev–Trinajstić information content (AvgIpc) is 2.90. The van der Waals surface area contributed by atoms with Gasteiger partial charge in [0.25, 0.3) is 0 Å². The van der Waals surface area contributed by atoms with Crippen molar-refractivity contribution in [3.8, 4) is 0 Å². The molecule has 3 amide bonds. The summed E-state index contributed by atoms with van der Waals surface area (Å²) in [6.07, 6.45) is -3.41. The zero-order chi connectivity index (χ0) is 31.3. The van der Waals surface area contributed by atoms with Crippen molar-refractivity contribution in [3.63, 3.8) is 0 Å². The zero-order valence-electron chi connectivity index (χ0n) is 23.9. The summed E-state index contributed by atoms with van der Waals surface area (Å²) >= 11 is 0. The lowest BCUT2D eigenvalue weighted by Gasteiger charge is -2.27. The van der Waals surface area contributed by atoms with Crippen LogP contribution in [0, 0.1) is 0 Å². The Labute approximate surface area is 244 Å². The van der Waals surface area contributed by atoms with Crippen molar-refractivity contribution in [3.05, 3.63) is 71.8 Å². The summed E-state index contributed by atoms with van der Waals surface area (Å²) in [5.41, 5.74) is 0.624. The van der Waals surface area contributed by atoms with Gasteiger partial charge in [0.15, 0.2) is 0 Å². The summed E-state index contributed by atoms with van der Waals surface area (Å²) in [4.78, 5) is 61.4. The Bertz CT molecular complexity index is 1200. The minimum Gasteiger partial charge on any atom is -0.481 e. The quantitative estimate of drug-likeness (QED) is 0.181. The number of aliphatic carboxylic acids is 2. The van der Waals surface area contributed by atoms with Gasteiger partial charge in [0.2, 0.25) is 11.8 Å². The van der Waals surface area contributed by atoms with E-state index in [4.69, 9.17) is 9.84 Å². The molecule has 0 aliphatic heterocycles. The van der Waals surface area contributed by atoms with Gasteiger partial charge in [-0.1, -0.05) is 60.7 Å². The molecule has 0 heterocycles. The Morgan fingerprint density at radius 1 is 0.786 bits per heavy atom. The fraction of sp³-hybridized carbons (Fsp3) is 0.433. The number of amides is 3. The van der Waals surface area contributed by atoms with Crippen molar-refractivity contribution < 1.29 is 44.0 Å². The van der Waals surface area contributed by atoms with Gasteiger partial charge in [0, 0.05) is 12.8 Å². The van der Waals surface area contributed by atoms with Gasteiger partial charge < -0.3 is 36.0 Å². The highest BCUT2D eigenvalue weighted by atomic mass is 16.6. The molecule has 2 rings (SSSR count). The largest absolute Gasteiger partial charge is 0.481 e. The van der Waals surface area contributed by atoms with Gasteiger partial charge in [-0.3, -0.25) is 14.4 Å². The number of nitrogens with one attached hydrogen (secondary N) is 3. The van der Waals surface area contributed by atoms with Crippen LogP contribution in [0.3, 0.4) is 0 Å². The van der Waals surface area contributed by atoms with E-state index in [0.29, 0.717) is 5.56 Å². The summed E-state index contributed by atoms with van der Waals surface area (Å²) in [6, 6.07) is 13.9. The predicted octanol–water partition coefficient (Wildman–Crippen LogP) is 2.04. The van der Waals surface area contributed by atoms with Crippen LogP contribution in [0.2, 0.25) is 0 Å². The molecule has 0 aliphatic carbocycles. The highest BCUT2D eigenvalue weighted by Gasteiger charge is 2.30. The SMILES string of the molecule is CC(C)(C)OC(=O)N[C@@H](Cc1ccccc1)[C@@H](O)CC(=O)N[C@@H](CCC(=O)O)C(=O)N[C@@H](Cc1ccccc1)C(=O)O. The topological polar surface area (TPSA) is 191 Å². The molecule has 228 valence electrons. The molecular weight excluding hydrogens is 546 g/mol. The number of carbonyl (C=O) groups is 5. The smallest absolute Gasteiger partial charge is 0.407 e. The maximum Gasteiger partial charge on any atom is 0.407 e. The number of benzene rings is 2. The van der Waals surface area contributed by atoms with E-state index in [2.05, 4.69) is 16.0 Å². The Morgan fingerprint density at radius 3 is 1.83 bits per heavy atom. The fourth-order valence-electron chi connectivity index (χ4n) is 4.05. The standard InChI is InChI=1S/C30H39N3O9/c1-30(2,3)42-29(41)33-22(16-19-10-6-4-7-11-19)24(34)18-25(35)31-21(14-15-26(36)37)27(38)32-23(28(39)40)17-20-12-8-5-9-13-20/h4-13,21-24,34H,14-18H2,1-3H3,(H,31,35)(H,32,38)(H,33,41)(H,36,37)(H,39,40)/t21-,22-,23-,24-/m0/s1. The Hall–Kier alpha value is -4.45. The van der Waals surface area contributed by atoms with Gasteiger partial charge >= 0.3 is 18.0 Å². The Kier molecular flexibility index (Phi) is 12.9. The van der Waals surface area contributed by atoms with Gasteiger partial charge in [0.05, 0.1) is 18.6 Å². The zero-order valence-corrected chi connectivity index (χ0v) is 23.9. The number of carbonyl (C=O) groups excluding carboxylic acids is 3. The molecule has 0 unspecified atom stereocenters. The molecule has 12 nitrogen and oxygen atoms in total. The van der Waals surface area contributed by atoms with E-state index in [1.165, 1.54) is 0 Å². The Balaban J connectivity index is 2.13. The van der Waals surface area contributed by atoms with Crippen LogP contribution in [-0.4, -0.2) is 75.0 Å². The lowest BCUT2D eigenvalue weighted by atomic mass is 9.98. The van der Waals surface area contributed by atoms with Crippen molar-refractivity contribution in [1.29, 1.82) is 0 Å². The molecule has 6 N–H and O–H groups in total. The molecule has 2 aromatic carbocycles. The van der Waals surface area contributed by atoms with E-state index in [1.807, 2.05) is 0 Å². The lowest BCUT2D eigenvalue weighted by molar-refractivity contribution is -0.143. The molecule has 0 bridgehead atoms. The van der Waals surface area contributed by atoms with Crippen molar-refractivity contribution >= 4 is 29.8 Å². The molecule has 0 radical (unpaired) electrons. The third kappa shape index (κ3) is 12.8. The second-order valence-corrected chi connectivity index (χ2v) is 10.9. The molecule has 0 aromatic heterocycles. The van der Waals surface area contributed by atoms with Crippen molar-refractivity contribution in [2.45, 2.75) is 82.7 Å². The number of rotatable bonds is 15. The number of alkyl carbamates (subject to hydrolysis) is 1. The predicted molar refractivity (Wildman–Crippen MR) is 152 cm³/mol. The third-order valence-corrected chi connectivity index (χ3v) is 6.06. The molecule has 2 aromatic rings. The van der Waals surface area contributed by atoms with Gasteiger partial charge in [-0.25, -0.2) is 9.59 Å². The summed E-state index contributed by atoms with van der Waals surface area (Å²) < 4.78 is 5.29. The number of aliphatic hydroxyl groups is 1. The van der Waals surface area contributed by atoms with Crippen LogP contribution in [0.1, 0.15) is 51.2 Å². The molecular formula is C30H39N3O9. The number of ether oxygens (including phenoxy) is 1. The normalized spacial score (nSPS) is 14.0. The monoisotopic (exact) mass is 585 g/mol. The van der Waals surface area contributed by atoms with Crippen molar-refractivity contribution in [1.82, 2.24) is 16.0 Å². The summed E-state index contributed by atoms with van der Waals surface area (Å²) in [5.74, 6) is -4.20. The average molecular weight is 586 g/mol. The lowest BCUT2D eigenvalue weighted by Crippen LogP contribution is -2.53. The minimum atomic E-state index is -1.41. The Morgan fingerprint density at radius 2 is 1.33 bits per heavy atom. The van der Waals surface area contributed by atoms with Gasteiger partial charge in [-0.05, 0) is 44.7 Å². The molecule has 42 heavy (non-hydrogen) atoms. The summed E-state index contributed by atoms with van der Waals surface area (Å²) in [5, 5.41) is 37.1. The fourth-order valence-corrected chi connectivity index (χ4v) is 4.05. The molecule has 0 saturated heterocycles. The maximum atomic E-state index is 13.0. The highest BCUT2D eigenvalue weighted by molar-refractivity contribution is 5.91. The second-order valence-electron chi connectivity index (χ2n) is 10.9. The van der Waals surface area contributed by atoms with E-state index in [1.54, 1.807) is 81.4 Å². The minimum absolute atomic E-state index is 0.0300. The van der Waals surface area contributed by atoms with E-state index in [-0.39, 0.29) is 19.3 Å². The maximum absolute atomic E-state index is 13.0. The van der Waals surface area contributed by atoms with Crippen LogP contribution in [0.25, 0.3) is 0 Å². The molecule has 0 saturated carbocycles. The van der Waals surface area contributed by atoms with Crippen LogP contribution >= 0.6 is 0 Å². The summed E-state index contributed by atoms with van der Waals surface area (Å²) in [6.45, 7) is 5.04. The highest BCUT2D eigenvalue weighted by Crippen LogP contribution is 2.13. The van der Waals surface area contributed by atoms with E-state index < -0.39 is 72.5 Å². The van der Waals surface area contributed by atoms with E-state index in [9.17, 15) is 34.2 Å². The van der Waals surface area contributed by atoms with Crippen LogP contribution in [0.5, 0.6) is 0 Å². The van der Waals surface area contributed by atoms with Crippen LogP contribution in [-0.2, 0) is 36.8 Å². The third-order valence-electron chi connectivity index (χ3n) is 6.06. The molecule has 12 heteroatoms. The first-order valence-electron chi connectivity index (χ1n) is 13.5. The number of hydrogen-bond acceptors (Lipinski definition) is 7. The van der Waals surface area contributed by atoms with Crippen LogP contribution in [0.15, 0.2) is 60.7 Å². The molecule has 0 spiro atoms. The summed E-state index contributed by atoms with van der Waals surface area (Å²) in [7, 11) is 0. The number of carboxylic acids is 2. The number of carboxylic acid groups (broad SMARTS) is 2. The van der Waals surface area contributed by atoms with Gasteiger partial charge in [-0.15, -0.1) is 0 Å². The number of aliphatic hydroxyl groups excluding tert-OH is 1. The van der Waals surface area contributed by atoms with Crippen molar-refractivity contribution in [2.24, 2.45) is 0 Å².